The van der Waals surface area contributed by atoms with E-state index in [1.54, 1.807) is 26.6 Å². The molecule has 0 unspecified atom stereocenters. The summed E-state index contributed by atoms with van der Waals surface area (Å²) in [6.45, 7) is 9.62. The highest BCUT2D eigenvalue weighted by atomic mass is 79.9. The van der Waals surface area contributed by atoms with E-state index in [9.17, 15) is 0 Å². The standard InChI is InChI=1S/C28H33BrN7O3P/c1-18-12-24(35-8-10-39-11-9-35)25(38-3)14-23(18)33-28-30-16-21(29)27(34-28)32-22-7-6-19(13-26(22)40(4)5)36-17-20(37-2)15-31-36/h6-7,12-17H,8-11H2,1-5H3,(H2,30,32,33,34). The fourth-order valence-corrected chi connectivity index (χ4v) is 5.77. The van der Waals surface area contributed by atoms with E-state index < -0.39 is 7.92 Å². The molecule has 2 aromatic carbocycles. The third kappa shape index (κ3) is 6.16. The Kier molecular flexibility index (Phi) is 8.73. The van der Waals surface area contributed by atoms with E-state index >= 15 is 0 Å². The summed E-state index contributed by atoms with van der Waals surface area (Å²) < 4.78 is 19.1. The van der Waals surface area contributed by atoms with E-state index in [0.717, 1.165) is 51.6 Å². The van der Waals surface area contributed by atoms with Crippen molar-refractivity contribution in [1.82, 2.24) is 19.7 Å². The van der Waals surface area contributed by atoms with Gasteiger partial charge in [-0.05, 0) is 66.0 Å². The lowest BCUT2D eigenvalue weighted by Crippen LogP contribution is -2.36. The minimum Gasteiger partial charge on any atom is -0.495 e. The Bertz CT molecular complexity index is 1490. The molecule has 10 nitrogen and oxygen atoms in total. The molecule has 4 aromatic rings. The Morgan fingerprint density at radius 1 is 1.00 bits per heavy atom. The topological polar surface area (TPSA) is 98.6 Å². The molecular weight excluding hydrogens is 593 g/mol. The number of benzene rings is 2. The Balaban J connectivity index is 1.40. The van der Waals surface area contributed by atoms with Gasteiger partial charge in [0.2, 0.25) is 5.95 Å². The average Bonchev–Trinajstić information content (AvgIpc) is 3.45. The van der Waals surface area contributed by atoms with Gasteiger partial charge < -0.3 is 29.7 Å². The van der Waals surface area contributed by atoms with Crippen molar-refractivity contribution in [2.45, 2.75) is 6.92 Å². The van der Waals surface area contributed by atoms with Crippen LogP contribution in [0.4, 0.5) is 28.8 Å². The van der Waals surface area contributed by atoms with Gasteiger partial charge in [-0.2, -0.15) is 10.1 Å². The zero-order chi connectivity index (χ0) is 28.2. The van der Waals surface area contributed by atoms with E-state index in [0.29, 0.717) is 30.7 Å². The summed E-state index contributed by atoms with van der Waals surface area (Å²) in [6, 6.07) is 10.4. The minimum absolute atomic E-state index is 0.427. The zero-order valence-electron chi connectivity index (χ0n) is 23.2. The highest BCUT2D eigenvalue weighted by Crippen LogP contribution is 2.36. The number of methoxy groups -OCH3 is 2. The fraction of sp³-hybridized carbons (Fsp3) is 0.321. The molecule has 1 saturated heterocycles. The van der Waals surface area contributed by atoms with Crippen LogP contribution >= 0.6 is 23.9 Å². The molecule has 0 saturated carbocycles. The van der Waals surface area contributed by atoms with Crippen molar-refractivity contribution in [2.24, 2.45) is 0 Å². The highest BCUT2D eigenvalue weighted by molar-refractivity contribution is 9.10. The summed E-state index contributed by atoms with van der Waals surface area (Å²) in [5.74, 6) is 2.66. The van der Waals surface area contributed by atoms with Gasteiger partial charge in [-0.25, -0.2) is 9.67 Å². The van der Waals surface area contributed by atoms with Crippen LogP contribution in [0.3, 0.4) is 0 Å². The molecule has 0 bridgehead atoms. The van der Waals surface area contributed by atoms with Crippen LogP contribution in [0, 0.1) is 6.92 Å². The van der Waals surface area contributed by atoms with Crippen LogP contribution in [0.5, 0.6) is 11.5 Å². The van der Waals surface area contributed by atoms with Crippen LogP contribution < -0.4 is 30.3 Å². The van der Waals surface area contributed by atoms with Crippen LogP contribution in [-0.2, 0) is 4.74 Å². The van der Waals surface area contributed by atoms with Crippen molar-refractivity contribution in [3.63, 3.8) is 0 Å². The first kappa shape index (κ1) is 28.1. The summed E-state index contributed by atoms with van der Waals surface area (Å²) in [5, 5.41) is 12.5. The smallest absolute Gasteiger partial charge is 0.229 e. The van der Waals surface area contributed by atoms with Crippen LogP contribution in [-0.4, -0.2) is 73.6 Å². The molecule has 1 fully saturated rings. The molecule has 2 aromatic heterocycles. The molecule has 0 atom stereocenters. The van der Waals surface area contributed by atoms with Gasteiger partial charge in [-0.3, -0.25) is 0 Å². The highest BCUT2D eigenvalue weighted by Gasteiger charge is 2.18. The lowest BCUT2D eigenvalue weighted by atomic mass is 10.1. The maximum absolute atomic E-state index is 5.74. The van der Waals surface area contributed by atoms with E-state index in [1.165, 1.54) is 5.30 Å². The Labute approximate surface area is 243 Å². The molecule has 40 heavy (non-hydrogen) atoms. The number of nitrogens with one attached hydrogen (secondary N) is 2. The Hall–Kier alpha value is -3.40. The van der Waals surface area contributed by atoms with Crippen molar-refractivity contribution >= 4 is 58.0 Å². The summed E-state index contributed by atoms with van der Waals surface area (Å²) in [7, 11) is 2.90. The molecule has 210 valence electrons. The second-order valence-corrected chi connectivity index (χ2v) is 12.6. The number of aromatic nitrogens is 4. The third-order valence-corrected chi connectivity index (χ3v) is 8.56. The molecule has 5 rings (SSSR count). The molecule has 0 spiro atoms. The minimum atomic E-state index is -0.427. The number of hydrogen-bond acceptors (Lipinski definition) is 9. The molecule has 0 aliphatic carbocycles. The number of hydrogen-bond donors (Lipinski definition) is 2. The number of halogens is 1. The van der Waals surface area contributed by atoms with E-state index in [4.69, 9.17) is 19.2 Å². The average molecular weight is 626 g/mol. The van der Waals surface area contributed by atoms with Gasteiger partial charge in [0.05, 0.1) is 55.7 Å². The molecule has 3 heterocycles. The number of aryl methyl sites for hydroxylation is 1. The lowest BCUT2D eigenvalue weighted by molar-refractivity contribution is 0.122. The maximum atomic E-state index is 5.74. The van der Waals surface area contributed by atoms with Crippen LogP contribution in [0.2, 0.25) is 0 Å². The van der Waals surface area contributed by atoms with Gasteiger partial charge in [0.25, 0.3) is 0 Å². The molecule has 0 amide bonds. The second kappa shape index (κ2) is 12.4. The quantitative estimate of drug-likeness (QED) is 0.236. The first-order chi connectivity index (χ1) is 19.4. The monoisotopic (exact) mass is 625 g/mol. The van der Waals surface area contributed by atoms with Gasteiger partial charge in [0.15, 0.2) is 5.75 Å². The predicted octanol–water partition coefficient (Wildman–Crippen LogP) is 5.44. The van der Waals surface area contributed by atoms with E-state index in [2.05, 4.69) is 80.0 Å². The fourth-order valence-electron chi connectivity index (χ4n) is 4.48. The molecule has 1 aliphatic heterocycles. The van der Waals surface area contributed by atoms with Crippen molar-refractivity contribution in [1.29, 1.82) is 0 Å². The summed E-state index contributed by atoms with van der Waals surface area (Å²) >= 11 is 3.61. The van der Waals surface area contributed by atoms with Gasteiger partial charge in [0.1, 0.15) is 11.6 Å². The van der Waals surface area contributed by atoms with Crippen LogP contribution in [0.15, 0.2) is 53.4 Å². The number of morpholine rings is 1. The predicted molar refractivity (Wildman–Crippen MR) is 166 cm³/mol. The van der Waals surface area contributed by atoms with Gasteiger partial charge >= 0.3 is 0 Å². The van der Waals surface area contributed by atoms with Crippen LogP contribution in [0.1, 0.15) is 5.56 Å². The summed E-state index contributed by atoms with van der Waals surface area (Å²) in [4.78, 5) is 11.6. The Morgan fingerprint density at radius 3 is 2.50 bits per heavy atom. The zero-order valence-corrected chi connectivity index (χ0v) is 25.7. The molecule has 1 aliphatic rings. The normalized spacial score (nSPS) is 13.4. The van der Waals surface area contributed by atoms with E-state index in [-0.39, 0.29) is 0 Å². The SMILES string of the molecule is COc1cnn(-c2ccc(Nc3nc(Nc4cc(OC)c(N5CCOCC5)cc4C)ncc3Br)c(P(C)C)c2)c1. The molecule has 0 radical (unpaired) electrons. The maximum Gasteiger partial charge on any atom is 0.229 e. The second-order valence-electron chi connectivity index (χ2n) is 9.50. The van der Waals surface area contributed by atoms with Crippen molar-refractivity contribution in [2.75, 3.05) is 69.4 Å². The molecule has 2 N–H and O–H groups in total. The molecule has 12 heteroatoms. The van der Waals surface area contributed by atoms with Crippen molar-refractivity contribution in [3.05, 3.63) is 59.0 Å². The van der Waals surface area contributed by atoms with Gasteiger partial charge in [0, 0.05) is 42.0 Å². The van der Waals surface area contributed by atoms with Gasteiger partial charge in [-0.15, -0.1) is 0 Å². The van der Waals surface area contributed by atoms with Crippen LogP contribution in [0.25, 0.3) is 5.69 Å². The number of anilines is 5. The number of ether oxygens (including phenoxy) is 3. The first-order valence-electron chi connectivity index (χ1n) is 12.8. The largest absolute Gasteiger partial charge is 0.495 e. The molecular formula is C28H33BrN7O3P. The van der Waals surface area contributed by atoms with Crippen molar-refractivity contribution < 1.29 is 14.2 Å². The number of nitrogens with zero attached hydrogens (tertiary/aromatic N) is 5. The summed E-state index contributed by atoms with van der Waals surface area (Å²) in [6.07, 6.45) is 5.31. The Morgan fingerprint density at radius 2 is 1.80 bits per heavy atom. The third-order valence-electron chi connectivity index (χ3n) is 6.64. The first-order valence-corrected chi connectivity index (χ1v) is 15.9. The van der Waals surface area contributed by atoms with Crippen molar-refractivity contribution in [3.8, 4) is 17.2 Å². The lowest BCUT2D eigenvalue weighted by Gasteiger charge is -2.30. The van der Waals surface area contributed by atoms with E-state index in [1.807, 2.05) is 23.0 Å². The number of rotatable bonds is 9. The summed E-state index contributed by atoms with van der Waals surface area (Å²) in [5.41, 5.74) is 4.96. The van der Waals surface area contributed by atoms with Gasteiger partial charge in [-0.1, -0.05) is 7.92 Å².